The van der Waals surface area contributed by atoms with E-state index >= 15 is 0 Å². The summed E-state index contributed by atoms with van der Waals surface area (Å²) in [5.74, 6) is 1.77. The summed E-state index contributed by atoms with van der Waals surface area (Å²) in [5, 5.41) is 0. The first-order valence-corrected chi connectivity index (χ1v) is 11.2. The Morgan fingerprint density at radius 2 is 1.81 bits per heavy atom. The number of benzene rings is 1. The van der Waals surface area contributed by atoms with Gasteiger partial charge in [0.15, 0.2) is 11.5 Å². The molecular formula is C26H28N2O4. The van der Waals surface area contributed by atoms with Crippen LogP contribution in [0.4, 0.5) is 5.82 Å². The van der Waals surface area contributed by atoms with Gasteiger partial charge in [-0.2, -0.15) is 0 Å². The third-order valence-electron chi connectivity index (χ3n) is 7.24. The lowest BCUT2D eigenvalue weighted by Gasteiger charge is -2.40. The fraction of sp³-hybridized carbons (Fsp3) is 0.423. The zero-order chi connectivity index (χ0) is 22.6. The summed E-state index contributed by atoms with van der Waals surface area (Å²) in [7, 11) is 1.60. The molecule has 6 nitrogen and oxygen atoms in total. The van der Waals surface area contributed by atoms with Crippen LogP contribution < -0.4 is 9.64 Å². The highest BCUT2D eigenvalue weighted by atomic mass is 16.5. The van der Waals surface area contributed by atoms with Gasteiger partial charge in [-0.25, -0.2) is 4.98 Å². The van der Waals surface area contributed by atoms with Crippen molar-refractivity contribution in [2.75, 3.05) is 12.0 Å². The minimum absolute atomic E-state index is 0.0336. The van der Waals surface area contributed by atoms with E-state index in [9.17, 15) is 9.59 Å². The van der Waals surface area contributed by atoms with Crippen molar-refractivity contribution in [1.29, 1.82) is 0 Å². The van der Waals surface area contributed by atoms with Crippen molar-refractivity contribution in [2.24, 2.45) is 17.8 Å². The molecular weight excluding hydrogens is 404 g/mol. The number of rotatable bonds is 3. The summed E-state index contributed by atoms with van der Waals surface area (Å²) >= 11 is 0. The van der Waals surface area contributed by atoms with Crippen LogP contribution in [0.1, 0.15) is 44.0 Å². The minimum atomic E-state index is -0.593. The van der Waals surface area contributed by atoms with Gasteiger partial charge in [-0.15, -0.1) is 0 Å². The quantitative estimate of drug-likeness (QED) is 0.720. The molecule has 5 atom stereocenters. The lowest BCUT2D eigenvalue weighted by atomic mass is 9.70. The number of methoxy groups -OCH3 is 1. The van der Waals surface area contributed by atoms with Crippen LogP contribution in [-0.2, 0) is 14.3 Å². The molecule has 2 aliphatic heterocycles. The first-order valence-electron chi connectivity index (χ1n) is 11.2. The SMILES string of the molecule is COc1cccc(C2C3=C(OC4CC(C)C(C)CC4C3=O)C(=O)N2c2cccc(C)n2)c1. The molecule has 1 saturated carbocycles. The van der Waals surface area contributed by atoms with Crippen molar-refractivity contribution < 1.29 is 19.1 Å². The Morgan fingerprint density at radius 3 is 2.56 bits per heavy atom. The van der Waals surface area contributed by atoms with Gasteiger partial charge < -0.3 is 9.47 Å². The minimum Gasteiger partial charge on any atom is -0.497 e. The van der Waals surface area contributed by atoms with Crippen LogP contribution in [0.5, 0.6) is 5.75 Å². The number of aromatic nitrogens is 1. The van der Waals surface area contributed by atoms with Crippen LogP contribution in [0.15, 0.2) is 53.8 Å². The molecule has 3 heterocycles. The Labute approximate surface area is 188 Å². The second-order valence-corrected chi connectivity index (χ2v) is 9.29. The zero-order valence-electron chi connectivity index (χ0n) is 18.9. The highest BCUT2D eigenvalue weighted by molar-refractivity contribution is 6.17. The second-order valence-electron chi connectivity index (χ2n) is 9.29. The molecule has 32 heavy (non-hydrogen) atoms. The average molecular weight is 433 g/mol. The topological polar surface area (TPSA) is 68.7 Å². The molecule has 6 heteroatoms. The van der Waals surface area contributed by atoms with Gasteiger partial charge in [-0.3, -0.25) is 14.5 Å². The summed E-state index contributed by atoms with van der Waals surface area (Å²) < 4.78 is 11.7. The maximum Gasteiger partial charge on any atom is 0.295 e. The Morgan fingerprint density at radius 1 is 1.06 bits per heavy atom. The molecule has 3 aliphatic rings. The molecule has 2 aromatic rings. The van der Waals surface area contributed by atoms with Gasteiger partial charge in [0.25, 0.3) is 5.91 Å². The van der Waals surface area contributed by atoms with Crippen LogP contribution >= 0.6 is 0 Å². The molecule has 5 unspecified atom stereocenters. The van der Waals surface area contributed by atoms with E-state index in [1.54, 1.807) is 18.1 Å². The Kier molecular flexibility index (Phi) is 5.03. The van der Waals surface area contributed by atoms with E-state index < -0.39 is 6.04 Å². The number of Topliss-reactive ketones (excluding diaryl/α,β-unsaturated/α-hetero) is 1. The van der Waals surface area contributed by atoms with Crippen LogP contribution in [0.25, 0.3) is 0 Å². The molecule has 0 saturated heterocycles. The number of carbonyl (C=O) groups excluding carboxylic acids is 2. The Balaban J connectivity index is 1.65. The number of hydrogen-bond donors (Lipinski definition) is 0. The van der Waals surface area contributed by atoms with Gasteiger partial charge >= 0.3 is 0 Å². The van der Waals surface area contributed by atoms with Gasteiger partial charge in [0.1, 0.15) is 17.7 Å². The molecule has 1 aromatic carbocycles. The fourth-order valence-electron chi connectivity index (χ4n) is 5.29. The number of pyridine rings is 1. The van der Waals surface area contributed by atoms with Gasteiger partial charge in [-0.1, -0.05) is 32.0 Å². The van der Waals surface area contributed by atoms with Gasteiger partial charge in [0, 0.05) is 5.69 Å². The number of ketones is 1. The molecule has 1 amide bonds. The maximum atomic E-state index is 13.9. The molecule has 5 rings (SSSR count). The molecule has 0 radical (unpaired) electrons. The number of carbonyl (C=O) groups is 2. The van der Waals surface area contributed by atoms with Crippen LogP contribution in [0.3, 0.4) is 0 Å². The van der Waals surface area contributed by atoms with E-state index in [0.29, 0.717) is 29.0 Å². The number of anilines is 1. The average Bonchev–Trinajstić information content (AvgIpc) is 3.08. The van der Waals surface area contributed by atoms with E-state index in [1.807, 2.05) is 43.3 Å². The number of hydrogen-bond acceptors (Lipinski definition) is 5. The zero-order valence-corrected chi connectivity index (χ0v) is 18.9. The highest BCUT2D eigenvalue weighted by Crippen LogP contribution is 2.49. The van der Waals surface area contributed by atoms with Gasteiger partial charge in [-0.05, 0) is 61.4 Å². The van der Waals surface area contributed by atoms with Crippen LogP contribution in [0.2, 0.25) is 0 Å². The molecule has 0 spiro atoms. The van der Waals surface area contributed by atoms with Crippen molar-refractivity contribution in [1.82, 2.24) is 4.98 Å². The van der Waals surface area contributed by atoms with E-state index in [0.717, 1.165) is 24.1 Å². The number of amides is 1. The van der Waals surface area contributed by atoms with E-state index in [2.05, 4.69) is 18.8 Å². The first kappa shape index (κ1) is 20.7. The predicted octanol–water partition coefficient (Wildman–Crippen LogP) is 4.39. The molecule has 0 N–H and O–H groups in total. The Hall–Kier alpha value is -3.15. The number of nitrogens with zero attached hydrogens (tertiary/aromatic N) is 2. The lowest BCUT2D eigenvalue weighted by molar-refractivity contribution is -0.134. The Bertz CT molecular complexity index is 1120. The number of fused-ring (bicyclic) bond motifs is 1. The monoisotopic (exact) mass is 432 g/mol. The summed E-state index contributed by atoms with van der Waals surface area (Å²) in [6.45, 7) is 6.27. The number of aryl methyl sites for hydroxylation is 1. The summed E-state index contributed by atoms with van der Waals surface area (Å²) in [5.41, 5.74) is 2.06. The van der Waals surface area contributed by atoms with E-state index in [1.165, 1.54) is 0 Å². The van der Waals surface area contributed by atoms with Crippen molar-refractivity contribution >= 4 is 17.5 Å². The molecule has 1 aromatic heterocycles. The maximum absolute atomic E-state index is 13.9. The van der Waals surface area contributed by atoms with Crippen molar-refractivity contribution in [3.8, 4) is 5.75 Å². The third kappa shape index (κ3) is 3.20. The smallest absolute Gasteiger partial charge is 0.295 e. The summed E-state index contributed by atoms with van der Waals surface area (Å²) in [6.07, 6.45) is 1.32. The van der Waals surface area contributed by atoms with Gasteiger partial charge in [0.2, 0.25) is 0 Å². The standard InChI is InChI=1S/C26H28N2O4/c1-14-11-19-20(12-15(14)2)32-25-22(24(19)29)23(17-8-6-9-18(13-17)31-4)28(26(25)30)21-10-5-7-16(3)27-21/h5-10,13-15,19-20,23H,11-12H2,1-4H3. The fourth-order valence-corrected chi connectivity index (χ4v) is 5.29. The third-order valence-corrected chi connectivity index (χ3v) is 7.24. The van der Waals surface area contributed by atoms with Crippen molar-refractivity contribution in [3.63, 3.8) is 0 Å². The molecule has 1 aliphatic carbocycles. The number of ether oxygens (including phenoxy) is 2. The predicted molar refractivity (Wildman–Crippen MR) is 120 cm³/mol. The normalized spacial score (nSPS) is 29.5. The highest BCUT2D eigenvalue weighted by Gasteiger charge is 2.54. The summed E-state index contributed by atoms with van der Waals surface area (Å²) in [6, 6.07) is 12.5. The van der Waals surface area contributed by atoms with Gasteiger partial charge in [0.05, 0.1) is 24.6 Å². The largest absolute Gasteiger partial charge is 0.497 e. The van der Waals surface area contributed by atoms with Crippen molar-refractivity contribution in [3.05, 3.63) is 65.1 Å². The molecule has 166 valence electrons. The van der Waals surface area contributed by atoms with E-state index in [4.69, 9.17) is 9.47 Å². The van der Waals surface area contributed by atoms with Crippen molar-refractivity contribution in [2.45, 2.75) is 45.8 Å². The lowest BCUT2D eigenvalue weighted by Crippen LogP contribution is -2.43. The van der Waals surface area contributed by atoms with Crippen LogP contribution in [-0.4, -0.2) is 29.9 Å². The first-order chi connectivity index (χ1) is 15.4. The molecule has 0 bridgehead atoms. The summed E-state index contributed by atoms with van der Waals surface area (Å²) in [4.78, 5) is 33.7. The van der Waals surface area contributed by atoms with E-state index in [-0.39, 0.29) is 29.5 Å². The second kappa shape index (κ2) is 7.76. The van der Waals surface area contributed by atoms with Crippen LogP contribution in [0, 0.1) is 24.7 Å². The molecule has 1 fully saturated rings.